The molecule has 2 heterocycles. The summed E-state index contributed by atoms with van der Waals surface area (Å²) in [4.78, 5) is 31.6. The molecule has 0 radical (unpaired) electrons. The summed E-state index contributed by atoms with van der Waals surface area (Å²) in [6.07, 6.45) is 1.78. The average molecular weight is 499 g/mol. The minimum atomic E-state index is -0.818. The minimum absolute atomic E-state index is 0.247. The van der Waals surface area contributed by atoms with Crippen molar-refractivity contribution in [1.29, 1.82) is 0 Å². The van der Waals surface area contributed by atoms with Gasteiger partial charge in [0, 0.05) is 16.1 Å². The molecule has 176 valence electrons. The van der Waals surface area contributed by atoms with Crippen LogP contribution in [0.4, 0.5) is 0 Å². The predicted molar refractivity (Wildman–Crippen MR) is 131 cm³/mol. The van der Waals surface area contributed by atoms with Crippen molar-refractivity contribution in [3.8, 4) is 11.5 Å². The maximum Gasteiger partial charge on any atom is 0.338 e. The normalized spacial score (nSPS) is 15.6. The summed E-state index contributed by atoms with van der Waals surface area (Å²) in [5.74, 6) is 0.585. The highest BCUT2D eigenvalue weighted by molar-refractivity contribution is 7.07. The lowest BCUT2D eigenvalue weighted by Crippen LogP contribution is -2.40. The number of methoxy groups -OCH3 is 2. The van der Waals surface area contributed by atoms with Gasteiger partial charge < -0.3 is 14.2 Å². The molecule has 0 spiro atoms. The van der Waals surface area contributed by atoms with Crippen LogP contribution < -0.4 is 24.4 Å². The summed E-state index contributed by atoms with van der Waals surface area (Å²) >= 11 is 7.54. The Morgan fingerprint density at radius 2 is 1.97 bits per heavy atom. The van der Waals surface area contributed by atoms with Gasteiger partial charge in [0.1, 0.15) is 17.5 Å². The average Bonchev–Trinajstić information content (AvgIpc) is 3.13. The van der Waals surface area contributed by atoms with Gasteiger partial charge in [0.05, 0.1) is 36.6 Å². The lowest BCUT2D eigenvalue weighted by Gasteiger charge is -2.25. The molecule has 3 aromatic rings. The molecule has 0 aliphatic carbocycles. The van der Waals surface area contributed by atoms with Crippen molar-refractivity contribution < 1.29 is 19.0 Å². The second-order valence-corrected chi connectivity index (χ2v) is 8.88. The van der Waals surface area contributed by atoms with Gasteiger partial charge in [-0.2, -0.15) is 0 Å². The van der Waals surface area contributed by atoms with E-state index in [-0.39, 0.29) is 11.1 Å². The highest BCUT2D eigenvalue weighted by Gasteiger charge is 2.35. The summed E-state index contributed by atoms with van der Waals surface area (Å²) in [5, 5.41) is 0.447. The summed E-state index contributed by atoms with van der Waals surface area (Å²) in [6.45, 7) is 4.13. The number of nitrogens with zero attached hydrogens (tertiary/aromatic N) is 2. The maximum atomic E-state index is 13.7. The van der Waals surface area contributed by atoms with Gasteiger partial charge in [-0.25, -0.2) is 9.79 Å². The number of thiazole rings is 1. The number of fused-ring (bicyclic) bond motifs is 1. The van der Waals surface area contributed by atoms with Crippen molar-refractivity contribution in [2.75, 3.05) is 20.8 Å². The molecule has 9 heteroatoms. The zero-order chi connectivity index (χ0) is 24.4. The number of para-hydroxylation sites is 1. The van der Waals surface area contributed by atoms with Crippen LogP contribution >= 0.6 is 22.9 Å². The number of hydrogen-bond acceptors (Lipinski definition) is 7. The summed E-state index contributed by atoms with van der Waals surface area (Å²) < 4.78 is 18.3. The van der Waals surface area contributed by atoms with E-state index < -0.39 is 12.0 Å². The fourth-order valence-corrected chi connectivity index (χ4v) is 5.15. The third kappa shape index (κ3) is 4.26. The Hall–Kier alpha value is -3.36. The summed E-state index contributed by atoms with van der Waals surface area (Å²) in [6, 6.07) is 11.8. The molecule has 0 unspecified atom stereocenters. The van der Waals surface area contributed by atoms with Crippen LogP contribution in [0.15, 0.2) is 63.5 Å². The van der Waals surface area contributed by atoms with E-state index in [0.717, 1.165) is 5.56 Å². The number of carbonyl (C=O) groups excluding carboxylic acids is 1. The van der Waals surface area contributed by atoms with E-state index in [4.69, 9.17) is 25.8 Å². The number of benzene rings is 2. The smallest absolute Gasteiger partial charge is 0.338 e. The van der Waals surface area contributed by atoms with Crippen LogP contribution in [0.25, 0.3) is 6.08 Å². The third-order valence-corrected chi connectivity index (χ3v) is 6.64. The van der Waals surface area contributed by atoms with E-state index in [9.17, 15) is 9.59 Å². The molecule has 1 aliphatic rings. The van der Waals surface area contributed by atoms with Gasteiger partial charge in [0.2, 0.25) is 0 Å². The van der Waals surface area contributed by atoms with E-state index in [1.54, 1.807) is 31.2 Å². The van der Waals surface area contributed by atoms with Gasteiger partial charge in [0.15, 0.2) is 4.80 Å². The quantitative estimate of drug-likeness (QED) is 0.486. The molecular formula is C25H23ClN2O5S. The molecule has 1 atom stereocenters. The zero-order valence-electron chi connectivity index (χ0n) is 19.1. The fourth-order valence-electron chi connectivity index (χ4n) is 3.93. The molecule has 34 heavy (non-hydrogen) atoms. The summed E-state index contributed by atoms with van der Waals surface area (Å²) in [7, 11) is 2.82. The van der Waals surface area contributed by atoms with Crippen molar-refractivity contribution in [2.24, 2.45) is 4.99 Å². The van der Waals surface area contributed by atoms with Gasteiger partial charge in [-0.15, -0.1) is 0 Å². The first kappa shape index (κ1) is 23.8. The predicted octanol–water partition coefficient (Wildman–Crippen LogP) is 3.47. The van der Waals surface area contributed by atoms with Crippen molar-refractivity contribution in [3.05, 3.63) is 89.6 Å². The number of allylic oxidation sites excluding steroid dienone is 1. The fraction of sp³-hybridized carbons (Fsp3) is 0.240. The molecule has 2 aromatic carbocycles. The van der Waals surface area contributed by atoms with Gasteiger partial charge in [-0.1, -0.05) is 41.1 Å². The van der Waals surface area contributed by atoms with Crippen LogP contribution in [-0.2, 0) is 9.53 Å². The Labute approximate surface area is 205 Å². The van der Waals surface area contributed by atoms with Crippen LogP contribution in [0.5, 0.6) is 11.5 Å². The van der Waals surface area contributed by atoms with Crippen molar-refractivity contribution in [1.82, 2.24) is 4.57 Å². The number of aromatic nitrogens is 1. The van der Waals surface area contributed by atoms with Crippen molar-refractivity contribution in [2.45, 2.75) is 19.9 Å². The maximum absolute atomic E-state index is 13.7. The topological polar surface area (TPSA) is 79.1 Å². The Morgan fingerprint density at radius 3 is 2.68 bits per heavy atom. The van der Waals surface area contributed by atoms with E-state index in [0.29, 0.717) is 43.7 Å². The standard InChI is InChI=1S/C25H23ClN2O5S/c1-5-33-18-9-7-6-8-15(18)12-20-23(29)28-22(17-13-16(26)10-11-19(17)31-3)21(24(30)32-4)14(2)27-25(28)34-20/h6-13,22H,5H2,1-4H3/b20-12-/t22-/m0/s1. The largest absolute Gasteiger partial charge is 0.496 e. The lowest BCUT2D eigenvalue weighted by atomic mass is 9.95. The van der Waals surface area contributed by atoms with Gasteiger partial charge in [0.25, 0.3) is 5.56 Å². The van der Waals surface area contributed by atoms with E-state index in [1.165, 1.54) is 30.1 Å². The van der Waals surface area contributed by atoms with Crippen molar-refractivity contribution in [3.63, 3.8) is 0 Å². The highest BCUT2D eigenvalue weighted by atomic mass is 35.5. The molecule has 4 rings (SSSR count). The van der Waals surface area contributed by atoms with Crippen LogP contribution in [-0.4, -0.2) is 31.4 Å². The molecule has 7 nitrogen and oxygen atoms in total. The number of carbonyl (C=O) groups is 1. The Bertz CT molecular complexity index is 1470. The number of rotatable bonds is 6. The molecule has 0 saturated carbocycles. The number of halogens is 1. The van der Waals surface area contributed by atoms with E-state index in [1.807, 2.05) is 31.2 Å². The lowest BCUT2D eigenvalue weighted by molar-refractivity contribution is -0.136. The second-order valence-electron chi connectivity index (χ2n) is 7.43. The summed E-state index contributed by atoms with van der Waals surface area (Å²) in [5.41, 5.74) is 1.75. The zero-order valence-corrected chi connectivity index (χ0v) is 20.7. The molecule has 0 amide bonds. The van der Waals surface area contributed by atoms with Gasteiger partial charge in [-0.05, 0) is 44.2 Å². The Kier molecular flexibility index (Phi) is 6.90. The Balaban J connectivity index is 2.02. The SMILES string of the molecule is CCOc1ccccc1/C=c1\sc2n(c1=O)[C@@H](c1cc(Cl)ccc1OC)C(C(=O)OC)=C(C)N=2. The van der Waals surface area contributed by atoms with Gasteiger partial charge in [-0.3, -0.25) is 9.36 Å². The molecule has 0 fully saturated rings. The second kappa shape index (κ2) is 9.87. The van der Waals surface area contributed by atoms with Crippen LogP contribution in [0.3, 0.4) is 0 Å². The minimum Gasteiger partial charge on any atom is -0.496 e. The van der Waals surface area contributed by atoms with E-state index in [2.05, 4.69) is 4.99 Å². The van der Waals surface area contributed by atoms with Crippen LogP contribution in [0.2, 0.25) is 5.02 Å². The van der Waals surface area contributed by atoms with Crippen molar-refractivity contribution >= 4 is 35.0 Å². The highest BCUT2D eigenvalue weighted by Crippen LogP contribution is 2.37. The van der Waals surface area contributed by atoms with Gasteiger partial charge >= 0.3 is 5.97 Å². The monoisotopic (exact) mass is 498 g/mol. The number of esters is 1. The number of hydrogen-bond donors (Lipinski definition) is 0. The molecule has 0 bridgehead atoms. The third-order valence-electron chi connectivity index (χ3n) is 5.42. The molecule has 0 saturated heterocycles. The Morgan fingerprint density at radius 1 is 1.21 bits per heavy atom. The molecule has 0 N–H and O–H groups in total. The first-order chi connectivity index (χ1) is 16.4. The van der Waals surface area contributed by atoms with E-state index >= 15 is 0 Å². The van der Waals surface area contributed by atoms with Crippen LogP contribution in [0.1, 0.15) is 31.0 Å². The van der Waals surface area contributed by atoms with Crippen LogP contribution in [0, 0.1) is 0 Å². The molecule has 1 aromatic heterocycles. The molecular weight excluding hydrogens is 476 g/mol. The first-order valence-electron chi connectivity index (χ1n) is 10.6. The first-order valence-corrected chi connectivity index (χ1v) is 11.7. The molecule has 1 aliphatic heterocycles. The number of ether oxygens (including phenoxy) is 3.